The van der Waals surface area contributed by atoms with Crippen LogP contribution in [-0.2, 0) is 35.8 Å². The van der Waals surface area contributed by atoms with Gasteiger partial charge in [-0.3, -0.25) is 14.1 Å². The fraction of sp³-hybridized carbons (Fsp3) is 0.400. The average molecular weight is 418 g/mol. The van der Waals surface area contributed by atoms with E-state index in [1.165, 1.54) is 11.8 Å². The van der Waals surface area contributed by atoms with Crippen molar-refractivity contribution in [2.24, 2.45) is 0 Å². The van der Waals surface area contributed by atoms with Gasteiger partial charge >= 0.3 is 13.9 Å². The number of phosphoric ester groups is 1. The van der Waals surface area contributed by atoms with Gasteiger partial charge in [-0.25, -0.2) is 9.36 Å². The van der Waals surface area contributed by atoms with E-state index in [1.54, 1.807) is 12.1 Å². The van der Waals surface area contributed by atoms with Gasteiger partial charge in [-0.2, -0.15) is 11.8 Å². The molecule has 0 saturated carbocycles. The fourth-order valence-corrected chi connectivity index (χ4v) is 3.40. The molecule has 1 aliphatic heterocycles. The summed E-state index contributed by atoms with van der Waals surface area (Å²) in [6.07, 6.45) is -0.830. The van der Waals surface area contributed by atoms with Crippen LogP contribution in [0.1, 0.15) is 24.0 Å². The van der Waals surface area contributed by atoms with E-state index >= 15 is 0 Å². The molecule has 3 N–H and O–H groups in total. The fourth-order valence-electron chi connectivity index (χ4n) is 2.18. The smallest absolute Gasteiger partial charge is 0.316 e. The Bertz CT molecular complexity index is 737. The van der Waals surface area contributed by atoms with Crippen LogP contribution in [0.5, 0.6) is 0 Å². The maximum Gasteiger partial charge on any atom is 0.469 e. The zero-order chi connectivity index (χ0) is 19.9. The Morgan fingerprint density at radius 3 is 2.56 bits per heavy atom. The lowest BCUT2D eigenvalue weighted by Gasteiger charge is -2.13. The first-order chi connectivity index (χ1) is 12.7. The number of nitrogens with one attached hydrogen (secondary N) is 1. The molecule has 0 radical (unpaired) electrons. The van der Waals surface area contributed by atoms with Crippen molar-refractivity contribution in [1.29, 1.82) is 0 Å². The zero-order valence-corrected chi connectivity index (χ0v) is 15.9. The average Bonchev–Trinajstić information content (AvgIpc) is 2.91. The van der Waals surface area contributed by atoms with Crippen molar-refractivity contribution in [2.75, 3.05) is 12.4 Å². The van der Waals surface area contributed by atoms with E-state index in [9.17, 15) is 18.9 Å². The van der Waals surface area contributed by atoms with Crippen LogP contribution in [-0.4, -0.2) is 45.1 Å². The van der Waals surface area contributed by atoms with Crippen molar-refractivity contribution in [3.05, 3.63) is 35.4 Å². The molecule has 0 atom stereocenters. The van der Waals surface area contributed by atoms with Crippen LogP contribution < -0.4 is 5.32 Å². The summed E-state index contributed by atoms with van der Waals surface area (Å²) in [6.45, 7) is 0.0881. The molecule has 1 aromatic carbocycles. The molecule has 0 bridgehead atoms. The van der Waals surface area contributed by atoms with Crippen molar-refractivity contribution in [3.8, 4) is 0 Å². The molecule has 1 saturated heterocycles. The SMILES string of the molecule is O=C(NCc1cccc(CSCCOP(=O)(O)O)c1)ON1C(=O)CCC1=O. The van der Waals surface area contributed by atoms with Gasteiger partial charge in [0, 0.05) is 30.9 Å². The molecule has 12 heteroatoms. The van der Waals surface area contributed by atoms with Gasteiger partial charge in [0.15, 0.2) is 0 Å². The normalized spacial score (nSPS) is 14.5. The predicted octanol–water partition coefficient (Wildman–Crippen LogP) is 1.32. The molecule has 1 aliphatic rings. The van der Waals surface area contributed by atoms with Crippen LogP contribution in [0.25, 0.3) is 0 Å². The molecule has 1 aromatic rings. The summed E-state index contributed by atoms with van der Waals surface area (Å²) in [4.78, 5) is 56.4. The highest BCUT2D eigenvalue weighted by Crippen LogP contribution is 2.35. The first-order valence-electron chi connectivity index (χ1n) is 7.92. The van der Waals surface area contributed by atoms with Gasteiger partial charge < -0.3 is 19.9 Å². The number of imide groups is 1. The van der Waals surface area contributed by atoms with E-state index in [4.69, 9.17) is 14.6 Å². The molecule has 10 nitrogen and oxygen atoms in total. The monoisotopic (exact) mass is 418 g/mol. The summed E-state index contributed by atoms with van der Waals surface area (Å²) < 4.78 is 14.9. The summed E-state index contributed by atoms with van der Waals surface area (Å²) in [5, 5.41) is 2.94. The highest BCUT2D eigenvalue weighted by Gasteiger charge is 2.32. The van der Waals surface area contributed by atoms with Gasteiger partial charge in [0.2, 0.25) is 0 Å². The number of thioether (sulfide) groups is 1. The van der Waals surface area contributed by atoms with E-state index in [0.29, 0.717) is 16.6 Å². The number of carbonyl (C=O) groups excluding carboxylic acids is 3. The first-order valence-corrected chi connectivity index (χ1v) is 10.6. The van der Waals surface area contributed by atoms with Crippen LogP contribution in [0.15, 0.2) is 24.3 Å². The molecule has 1 fully saturated rings. The Labute approximate surface area is 159 Å². The number of rotatable bonds is 9. The van der Waals surface area contributed by atoms with E-state index in [1.807, 2.05) is 12.1 Å². The Morgan fingerprint density at radius 2 is 1.89 bits per heavy atom. The van der Waals surface area contributed by atoms with Crippen LogP contribution in [0, 0.1) is 0 Å². The molecular formula is C15H19N2O8PS. The number of hydroxylamine groups is 2. The maximum atomic E-state index is 11.7. The highest BCUT2D eigenvalue weighted by atomic mass is 32.2. The van der Waals surface area contributed by atoms with Gasteiger partial charge in [0.05, 0.1) is 6.61 Å². The molecule has 0 unspecified atom stereocenters. The van der Waals surface area contributed by atoms with Crippen molar-refractivity contribution in [1.82, 2.24) is 10.4 Å². The van der Waals surface area contributed by atoms with E-state index in [2.05, 4.69) is 9.84 Å². The lowest BCUT2D eigenvalue weighted by molar-refractivity contribution is -0.171. The second-order valence-corrected chi connectivity index (χ2v) is 7.86. The number of benzene rings is 1. The summed E-state index contributed by atoms with van der Waals surface area (Å²) >= 11 is 1.44. The lowest BCUT2D eigenvalue weighted by atomic mass is 10.1. The van der Waals surface area contributed by atoms with E-state index in [-0.39, 0.29) is 26.0 Å². The number of nitrogens with zero attached hydrogens (tertiary/aromatic N) is 1. The van der Waals surface area contributed by atoms with Crippen LogP contribution >= 0.6 is 19.6 Å². The van der Waals surface area contributed by atoms with E-state index < -0.39 is 25.7 Å². The topological polar surface area (TPSA) is 142 Å². The van der Waals surface area contributed by atoms with Crippen molar-refractivity contribution < 1.29 is 38.1 Å². The molecule has 0 aliphatic carbocycles. The van der Waals surface area contributed by atoms with Crippen molar-refractivity contribution >= 4 is 37.5 Å². The molecular weight excluding hydrogens is 399 g/mol. The number of hydrogen-bond acceptors (Lipinski definition) is 7. The van der Waals surface area contributed by atoms with Gasteiger partial charge in [-0.15, -0.1) is 5.06 Å². The summed E-state index contributed by atoms with van der Waals surface area (Å²) in [7, 11) is -4.43. The number of carbonyl (C=O) groups is 3. The van der Waals surface area contributed by atoms with Crippen molar-refractivity contribution in [2.45, 2.75) is 25.1 Å². The summed E-state index contributed by atoms with van der Waals surface area (Å²) in [5.41, 5.74) is 1.74. The van der Waals surface area contributed by atoms with Crippen LogP contribution in [0.3, 0.4) is 0 Å². The third kappa shape index (κ3) is 7.69. The molecule has 148 valence electrons. The number of phosphoric acid groups is 1. The highest BCUT2D eigenvalue weighted by molar-refractivity contribution is 7.98. The van der Waals surface area contributed by atoms with Gasteiger partial charge in [-0.1, -0.05) is 24.3 Å². The maximum absolute atomic E-state index is 11.7. The first kappa shape index (κ1) is 21.4. The Balaban J connectivity index is 1.73. The standard InChI is InChI=1S/C15H19N2O8PS/c18-13-4-5-14(19)17(13)25-15(20)16-9-11-2-1-3-12(8-11)10-27-7-6-24-26(21,22)23/h1-3,8H,4-7,9-10H2,(H,16,20)(H2,21,22,23). The predicted molar refractivity (Wildman–Crippen MR) is 95.0 cm³/mol. The third-order valence-electron chi connectivity index (χ3n) is 3.36. The Morgan fingerprint density at radius 1 is 1.22 bits per heavy atom. The lowest BCUT2D eigenvalue weighted by Crippen LogP contribution is -2.36. The Hall–Kier alpha value is -1.91. The minimum atomic E-state index is -4.43. The molecule has 2 rings (SSSR count). The third-order valence-corrected chi connectivity index (χ3v) is 4.88. The number of amides is 3. The van der Waals surface area contributed by atoms with Crippen LogP contribution in [0.2, 0.25) is 0 Å². The van der Waals surface area contributed by atoms with Gasteiger partial charge in [0.1, 0.15) is 0 Å². The molecule has 1 heterocycles. The molecule has 3 amide bonds. The second kappa shape index (κ2) is 9.86. The van der Waals surface area contributed by atoms with Crippen molar-refractivity contribution in [3.63, 3.8) is 0 Å². The summed E-state index contributed by atoms with van der Waals surface area (Å²) in [5.74, 6) is -0.0778. The van der Waals surface area contributed by atoms with Gasteiger partial charge in [-0.05, 0) is 11.1 Å². The largest absolute Gasteiger partial charge is 0.469 e. The Kier molecular flexibility index (Phi) is 7.81. The minimum Gasteiger partial charge on any atom is -0.316 e. The van der Waals surface area contributed by atoms with Gasteiger partial charge in [0.25, 0.3) is 11.8 Å². The van der Waals surface area contributed by atoms with Crippen LogP contribution in [0.4, 0.5) is 4.79 Å². The zero-order valence-electron chi connectivity index (χ0n) is 14.2. The quantitative estimate of drug-likeness (QED) is 0.307. The minimum absolute atomic E-state index is 0.0328. The number of hydrogen-bond donors (Lipinski definition) is 3. The summed E-state index contributed by atoms with van der Waals surface area (Å²) in [6, 6.07) is 7.32. The molecule has 27 heavy (non-hydrogen) atoms. The molecule has 0 aromatic heterocycles. The second-order valence-electron chi connectivity index (χ2n) is 5.51. The van der Waals surface area contributed by atoms with E-state index in [0.717, 1.165) is 11.1 Å². The molecule has 0 spiro atoms.